The van der Waals surface area contributed by atoms with Gasteiger partial charge in [0.15, 0.2) is 18.2 Å². The molecule has 0 saturated carbocycles. The third-order valence-corrected chi connectivity index (χ3v) is 4.35. The summed E-state index contributed by atoms with van der Waals surface area (Å²) in [5.41, 5.74) is 3.58. The SMILES string of the molecule is COc1ccc(-c2cnc(-c3cc[n+](-c4cccc(N=C=S)c4)cc3)o2)cc1. The lowest BCUT2D eigenvalue weighted by molar-refractivity contribution is -0.595. The number of hydrogen-bond acceptors (Lipinski definition) is 5. The number of benzene rings is 2. The third kappa shape index (κ3) is 3.74. The molecule has 2 aromatic carbocycles. The standard InChI is InChI=1S/C22H16N3O2S/c1-26-20-7-5-16(6-8-20)21-14-23-22(27-21)17-9-11-25(12-10-17)19-4-2-3-18(13-19)24-15-28/h2-14H,1H3/q+1. The van der Waals surface area contributed by atoms with Crippen LogP contribution in [0.25, 0.3) is 28.5 Å². The predicted octanol–water partition coefficient (Wildman–Crippen LogP) is 5.03. The molecule has 28 heavy (non-hydrogen) atoms. The van der Waals surface area contributed by atoms with E-state index in [1.165, 1.54) is 0 Å². The average molecular weight is 386 g/mol. The molecule has 0 radical (unpaired) electrons. The highest BCUT2D eigenvalue weighted by Crippen LogP contribution is 2.27. The van der Waals surface area contributed by atoms with Crippen LogP contribution in [0.4, 0.5) is 5.69 Å². The number of methoxy groups -OCH3 is 1. The topological polar surface area (TPSA) is 51.5 Å². The average Bonchev–Trinajstić information content (AvgIpc) is 3.25. The van der Waals surface area contributed by atoms with E-state index >= 15 is 0 Å². The molecule has 0 aliphatic heterocycles. The van der Waals surface area contributed by atoms with Crippen molar-refractivity contribution in [3.63, 3.8) is 0 Å². The maximum atomic E-state index is 5.93. The first-order chi connectivity index (χ1) is 13.8. The lowest BCUT2D eigenvalue weighted by Gasteiger charge is -2.00. The smallest absolute Gasteiger partial charge is 0.227 e. The zero-order chi connectivity index (χ0) is 19.3. The van der Waals surface area contributed by atoms with E-state index in [1.807, 2.05) is 77.6 Å². The van der Waals surface area contributed by atoms with Crippen LogP contribution in [0.15, 0.2) is 88.7 Å². The Morgan fingerprint density at radius 2 is 1.82 bits per heavy atom. The van der Waals surface area contributed by atoms with Crippen molar-refractivity contribution < 1.29 is 13.7 Å². The van der Waals surface area contributed by atoms with Crippen molar-refractivity contribution in [1.82, 2.24) is 4.98 Å². The van der Waals surface area contributed by atoms with Crippen LogP contribution in [0.3, 0.4) is 0 Å². The Hall–Kier alpha value is -3.60. The molecule has 0 unspecified atom stereocenters. The summed E-state index contributed by atoms with van der Waals surface area (Å²) in [5, 5.41) is 2.39. The quantitative estimate of drug-likeness (QED) is 0.274. The van der Waals surface area contributed by atoms with Gasteiger partial charge in [-0.15, -0.1) is 0 Å². The normalized spacial score (nSPS) is 10.3. The summed E-state index contributed by atoms with van der Waals surface area (Å²) in [6.45, 7) is 0. The lowest BCUT2D eigenvalue weighted by Crippen LogP contribution is -2.28. The minimum atomic E-state index is 0.567. The summed E-state index contributed by atoms with van der Waals surface area (Å²) >= 11 is 4.67. The summed E-state index contributed by atoms with van der Waals surface area (Å²) in [4.78, 5) is 8.42. The summed E-state index contributed by atoms with van der Waals surface area (Å²) in [6, 6.07) is 19.3. The van der Waals surface area contributed by atoms with Gasteiger partial charge in [0, 0.05) is 35.4 Å². The van der Waals surface area contributed by atoms with Crippen molar-refractivity contribution in [3.8, 4) is 34.2 Å². The molecule has 0 bridgehead atoms. The van der Waals surface area contributed by atoms with Crippen LogP contribution in [-0.4, -0.2) is 17.3 Å². The molecular weight excluding hydrogens is 370 g/mol. The van der Waals surface area contributed by atoms with Crippen LogP contribution in [0.2, 0.25) is 0 Å². The Bertz CT molecular complexity index is 1150. The van der Waals surface area contributed by atoms with Crippen molar-refractivity contribution in [3.05, 3.63) is 79.3 Å². The van der Waals surface area contributed by atoms with Gasteiger partial charge < -0.3 is 9.15 Å². The van der Waals surface area contributed by atoms with Crippen molar-refractivity contribution in [2.75, 3.05) is 7.11 Å². The molecule has 0 N–H and O–H groups in total. The molecule has 6 heteroatoms. The minimum Gasteiger partial charge on any atom is -0.497 e. The molecule has 4 rings (SSSR count). The lowest BCUT2D eigenvalue weighted by atomic mass is 10.2. The number of oxazole rings is 1. The molecule has 2 aromatic heterocycles. The van der Waals surface area contributed by atoms with E-state index in [9.17, 15) is 0 Å². The zero-order valence-electron chi connectivity index (χ0n) is 15.1. The van der Waals surface area contributed by atoms with Gasteiger partial charge in [0.05, 0.1) is 24.2 Å². The number of thiocarbonyl (C=S) groups is 1. The molecule has 5 nitrogen and oxygen atoms in total. The van der Waals surface area contributed by atoms with E-state index in [2.05, 4.69) is 27.4 Å². The molecular formula is C22H16N3O2S+. The second-order valence-corrected chi connectivity index (χ2v) is 6.16. The number of hydrogen-bond donors (Lipinski definition) is 0. The van der Waals surface area contributed by atoms with E-state index < -0.39 is 0 Å². The third-order valence-electron chi connectivity index (χ3n) is 4.26. The van der Waals surface area contributed by atoms with E-state index in [0.29, 0.717) is 11.7 Å². The number of isothiocyanates is 1. The number of pyridine rings is 1. The van der Waals surface area contributed by atoms with Gasteiger partial charge in [-0.2, -0.15) is 9.56 Å². The van der Waals surface area contributed by atoms with Crippen molar-refractivity contribution >= 4 is 23.1 Å². The van der Waals surface area contributed by atoms with Gasteiger partial charge in [0.25, 0.3) is 0 Å². The van der Waals surface area contributed by atoms with Crippen molar-refractivity contribution in [2.45, 2.75) is 0 Å². The second kappa shape index (κ2) is 7.96. The molecule has 0 aliphatic carbocycles. The number of aromatic nitrogens is 2. The molecule has 2 heterocycles. The second-order valence-electron chi connectivity index (χ2n) is 5.98. The monoisotopic (exact) mass is 386 g/mol. The van der Waals surface area contributed by atoms with Crippen LogP contribution < -0.4 is 9.30 Å². The Balaban J connectivity index is 1.58. The molecule has 0 aliphatic rings. The Morgan fingerprint density at radius 1 is 1.04 bits per heavy atom. The zero-order valence-corrected chi connectivity index (χ0v) is 15.9. The van der Waals surface area contributed by atoms with Gasteiger partial charge in [0.2, 0.25) is 11.6 Å². The van der Waals surface area contributed by atoms with E-state index in [4.69, 9.17) is 9.15 Å². The molecule has 0 spiro atoms. The van der Waals surface area contributed by atoms with Gasteiger partial charge in [-0.1, -0.05) is 6.07 Å². The van der Waals surface area contributed by atoms with Crippen molar-refractivity contribution in [1.29, 1.82) is 0 Å². The maximum absolute atomic E-state index is 5.93. The first-order valence-corrected chi connectivity index (χ1v) is 8.98. The predicted molar refractivity (Wildman–Crippen MR) is 110 cm³/mol. The fourth-order valence-electron chi connectivity index (χ4n) is 2.81. The maximum Gasteiger partial charge on any atom is 0.227 e. The Labute approximate surface area is 167 Å². The van der Waals surface area contributed by atoms with E-state index in [0.717, 1.165) is 28.3 Å². The molecule has 0 fully saturated rings. The van der Waals surface area contributed by atoms with E-state index in [1.54, 1.807) is 13.3 Å². The molecule has 0 amide bonds. The van der Waals surface area contributed by atoms with Gasteiger partial charge in [0.1, 0.15) is 5.75 Å². The molecule has 4 aromatic rings. The fraction of sp³-hybridized carbons (Fsp3) is 0.0455. The van der Waals surface area contributed by atoms with Gasteiger partial charge in [-0.05, 0) is 42.5 Å². The van der Waals surface area contributed by atoms with Crippen LogP contribution in [0.1, 0.15) is 0 Å². The molecule has 136 valence electrons. The van der Waals surface area contributed by atoms with Crippen LogP contribution >= 0.6 is 12.2 Å². The highest BCUT2D eigenvalue weighted by atomic mass is 32.1. The first-order valence-electron chi connectivity index (χ1n) is 8.57. The summed E-state index contributed by atoms with van der Waals surface area (Å²) < 4.78 is 13.1. The Morgan fingerprint density at radius 3 is 2.54 bits per heavy atom. The van der Waals surface area contributed by atoms with Crippen LogP contribution in [-0.2, 0) is 0 Å². The summed E-state index contributed by atoms with van der Waals surface area (Å²) in [5.74, 6) is 2.08. The highest BCUT2D eigenvalue weighted by Gasteiger charge is 2.12. The Kier molecular flexibility index (Phi) is 5.06. The van der Waals surface area contributed by atoms with Crippen molar-refractivity contribution in [2.24, 2.45) is 4.99 Å². The highest BCUT2D eigenvalue weighted by molar-refractivity contribution is 7.78. The van der Waals surface area contributed by atoms with Gasteiger partial charge >= 0.3 is 0 Å². The molecule has 0 saturated heterocycles. The van der Waals surface area contributed by atoms with Crippen LogP contribution in [0.5, 0.6) is 5.75 Å². The van der Waals surface area contributed by atoms with E-state index in [-0.39, 0.29) is 0 Å². The minimum absolute atomic E-state index is 0.567. The summed E-state index contributed by atoms with van der Waals surface area (Å²) in [6.07, 6.45) is 5.63. The van der Waals surface area contributed by atoms with Gasteiger partial charge in [-0.25, -0.2) is 4.98 Å². The van der Waals surface area contributed by atoms with Crippen LogP contribution in [0, 0.1) is 0 Å². The number of nitrogens with zero attached hydrogens (tertiary/aromatic N) is 3. The molecule has 0 atom stereocenters. The number of ether oxygens (including phenoxy) is 1. The fourth-order valence-corrected chi connectivity index (χ4v) is 2.92. The van der Waals surface area contributed by atoms with Gasteiger partial charge in [-0.3, -0.25) is 0 Å². The number of rotatable bonds is 5. The first kappa shape index (κ1) is 17.8. The summed E-state index contributed by atoms with van der Waals surface area (Å²) in [7, 11) is 1.64. The largest absolute Gasteiger partial charge is 0.497 e. The number of aliphatic imine (C=N–C) groups is 1.